The van der Waals surface area contributed by atoms with E-state index >= 15 is 0 Å². The minimum atomic E-state index is -1.16. The number of hydrogen-bond donors (Lipinski definition) is 3. The highest BCUT2D eigenvalue weighted by molar-refractivity contribution is 7.10. The van der Waals surface area contributed by atoms with Crippen molar-refractivity contribution in [3.63, 3.8) is 0 Å². The molecule has 0 bridgehead atoms. The number of thiophene rings is 1. The van der Waals surface area contributed by atoms with Crippen LogP contribution in [0.15, 0.2) is 53.5 Å². The Morgan fingerprint density at radius 2 is 1.83 bits per heavy atom. The zero-order valence-corrected chi connectivity index (χ0v) is 12.8. The molecule has 1 aromatic carbocycles. The summed E-state index contributed by atoms with van der Waals surface area (Å²) in [7, 11) is 0. The van der Waals surface area contributed by atoms with Crippen molar-refractivity contribution in [3.8, 4) is 0 Å². The van der Waals surface area contributed by atoms with Crippen LogP contribution in [-0.2, 0) is 9.59 Å². The van der Waals surface area contributed by atoms with Gasteiger partial charge in [-0.1, -0.05) is 24.3 Å². The molecule has 6 nitrogen and oxygen atoms in total. The smallest absolute Gasteiger partial charge is 0.322 e. The molecule has 0 fully saturated rings. The van der Waals surface area contributed by atoms with E-state index in [1.54, 1.807) is 36.4 Å². The van der Waals surface area contributed by atoms with Crippen molar-refractivity contribution in [2.45, 2.75) is 0 Å². The van der Waals surface area contributed by atoms with Crippen molar-refractivity contribution in [2.24, 2.45) is 0 Å². The summed E-state index contributed by atoms with van der Waals surface area (Å²) in [6, 6.07) is 12.0. The van der Waals surface area contributed by atoms with Crippen LogP contribution in [0.2, 0.25) is 0 Å². The predicted octanol–water partition coefficient (Wildman–Crippen LogP) is 1.72. The van der Waals surface area contributed by atoms with Crippen LogP contribution in [0.4, 0.5) is 0 Å². The largest absolute Gasteiger partial charge is 0.480 e. The summed E-state index contributed by atoms with van der Waals surface area (Å²) in [4.78, 5) is 35.6. The van der Waals surface area contributed by atoms with Crippen LogP contribution in [0.3, 0.4) is 0 Å². The van der Waals surface area contributed by atoms with Crippen LogP contribution in [0.1, 0.15) is 15.2 Å². The molecule has 0 aliphatic heterocycles. The first kappa shape index (κ1) is 16.4. The fourth-order valence-corrected chi connectivity index (χ4v) is 2.37. The number of nitrogens with one attached hydrogen (secondary N) is 2. The van der Waals surface area contributed by atoms with E-state index in [1.807, 2.05) is 11.4 Å². The standard InChI is InChI=1S/C16H14N2O4S/c19-14(20)10-17-16(22)13(9-12-7-4-8-23-12)18-15(21)11-5-2-1-3-6-11/h1-9H,10H2,(H,17,22)(H,18,21)(H,19,20)/b13-9-. The van der Waals surface area contributed by atoms with E-state index < -0.39 is 24.3 Å². The van der Waals surface area contributed by atoms with Crippen LogP contribution in [0, 0.1) is 0 Å². The van der Waals surface area contributed by atoms with E-state index in [-0.39, 0.29) is 5.70 Å². The maximum Gasteiger partial charge on any atom is 0.322 e. The highest BCUT2D eigenvalue weighted by atomic mass is 32.1. The molecular weight excluding hydrogens is 316 g/mol. The third kappa shape index (κ3) is 5.08. The molecule has 1 aromatic heterocycles. The summed E-state index contributed by atoms with van der Waals surface area (Å²) >= 11 is 1.39. The monoisotopic (exact) mass is 330 g/mol. The van der Waals surface area contributed by atoms with Gasteiger partial charge < -0.3 is 15.7 Å². The Labute approximate surface area is 136 Å². The van der Waals surface area contributed by atoms with Gasteiger partial charge in [-0.15, -0.1) is 11.3 Å². The molecule has 0 radical (unpaired) electrons. The van der Waals surface area contributed by atoms with Crippen LogP contribution >= 0.6 is 11.3 Å². The number of carboxylic acid groups (broad SMARTS) is 1. The molecule has 23 heavy (non-hydrogen) atoms. The normalized spacial score (nSPS) is 10.9. The number of amides is 2. The van der Waals surface area contributed by atoms with Gasteiger partial charge in [0.15, 0.2) is 0 Å². The molecule has 2 amide bonds. The molecule has 0 spiro atoms. The third-order valence-electron chi connectivity index (χ3n) is 2.76. The third-order valence-corrected chi connectivity index (χ3v) is 3.58. The topological polar surface area (TPSA) is 95.5 Å². The Hall–Kier alpha value is -2.93. The molecule has 0 aliphatic carbocycles. The molecule has 118 valence electrons. The van der Waals surface area contributed by atoms with E-state index in [0.29, 0.717) is 5.56 Å². The first-order valence-electron chi connectivity index (χ1n) is 6.68. The lowest BCUT2D eigenvalue weighted by Gasteiger charge is -2.09. The highest BCUT2D eigenvalue weighted by Gasteiger charge is 2.15. The SMILES string of the molecule is O=C(O)CNC(=O)/C(=C/c1cccs1)NC(=O)c1ccccc1. The lowest BCUT2D eigenvalue weighted by Crippen LogP contribution is -2.37. The second-order valence-electron chi connectivity index (χ2n) is 4.47. The molecule has 0 saturated carbocycles. The Morgan fingerprint density at radius 3 is 2.43 bits per heavy atom. The quantitative estimate of drug-likeness (QED) is 0.703. The maximum absolute atomic E-state index is 12.2. The molecule has 7 heteroatoms. The summed E-state index contributed by atoms with van der Waals surface area (Å²) < 4.78 is 0. The number of benzene rings is 1. The van der Waals surface area contributed by atoms with Gasteiger partial charge >= 0.3 is 5.97 Å². The number of carbonyl (C=O) groups is 3. The molecule has 0 unspecified atom stereocenters. The van der Waals surface area contributed by atoms with Crippen molar-refractivity contribution < 1.29 is 19.5 Å². The Morgan fingerprint density at radius 1 is 1.09 bits per heavy atom. The predicted molar refractivity (Wildman–Crippen MR) is 86.8 cm³/mol. The summed E-state index contributed by atoms with van der Waals surface area (Å²) in [5.41, 5.74) is 0.387. The second-order valence-corrected chi connectivity index (χ2v) is 5.45. The number of hydrogen-bond acceptors (Lipinski definition) is 4. The molecule has 3 N–H and O–H groups in total. The van der Waals surface area contributed by atoms with Gasteiger partial charge in [-0.25, -0.2) is 0 Å². The summed E-state index contributed by atoms with van der Waals surface area (Å²) in [6.07, 6.45) is 1.50. The lowest BCUT2D eigenvalue weighted by molar-refractivity contribution is -0.137. The van der Waals surface area contributed by atoms with Crippen LogP contribution < -0.4 is 10.6 Å². The van der Waals surface area contributed by atoms with Crippen molar-refractivity contribution >= 4 is 35.2 Å². The van der Waals surface area contributed by atoms with Gasteiger partial charge in [-0.3, -0.25) is 14.4 Å². The molecule has 0 atom stereocenters. The van der Waals surface area contributed by atoms with Crippen LogP contribution in [0.25, 0.3) is 6.08 Å². The fraction of sp³-hybridized carbons (Fsp3) is 0.0625. The van der Waals surface area contributed by atoms with Gasteiger partial charge in [-0.05, 0) is 29.7 Å². The van der Waals surface area contributed by atoms with Gasteiger partial charge in [0, 0.05) is 10.4 Å². The minimum absolute atomic E-state index is 0.0115. The lowest BCUT2D eigenvalue weighted by atomic mass is 10.2. The summed E-state index contributed by atoms with van der Waals surface area (Å²) in [6.45, 7) is -0.526. The van der Waals surface area contributed by atoms with Crippen molar-refractivity contribution in [3.05, 3.63) is 64.0 Å². The zero-order chi connectivity index (χ0) is 16.7. The van der Waals surface area contributed by atoms with Gasteiger partial charge in [0.25, 0.3) is 11.8 Å². The molecule has 0 saturated heterocycles. The average Bonchev–Trinajstić information content (AvgIpc) is 3.05. The molecule has 1 heterocycles. The fourth-order valence-electron chi connectivity index (χ4n) is 1.71. The number of rotatable bonds is 6. The van der Waals surface area contributed by atoms with E-state index in [9.17, 15) is 14.4 Å². The number of carbonyl (C=O) groups excluding carboxylic acids is 2. The van der Waals surface area contributed by atoms with E-state index in [0.717, 1.165) is 4.88 Å². The summed E-state index contributed by atoms with van der Waals surface area (Å²) in [5.74, 6) is -2.27. The van der Waals surface area contributed by atoms with Crippen LogP contribution in [0.5, 0.6) is 0 Å². The van der Waals surface area contributed by atoms with E-state index in [1.165, 1.54) is 17.4 Å². The Bertz CT molecular complexity index is 724. The highest BCUT2D eigenvalue weighted by Crippen LogP contribution is 2.13. The summed E-state index contributed by atoms with van der Waals surface area (Å²) in [5, 5.41) is 15.2. The van der Waals surface area contributed by atoms with Crippen molar-refractivity contribution in [2.75, 3.05) is 6.54 Å². The molecule has 2 aromatic rings. The molecule has 2 rings (SSSR count). The van der Waals surface area contributed by atoms with Gasteiger partial charge in [0.05, 0.1) is 0 Å². The van der Waals surface area contributed by atoms with Crippen molar-refractivity contribution in [1.82, 2.24) is 10.6 Å². The number of carboxylic acids is 1. The molecule has 0 aliphatic rings. The Balaban J connectivity index is 2.18. The minimum Gasteiger partial charge on any atom is -0.480 e. The first-order valence-corrected chi connectivity index (χ1v) is 7.56. The first-order chi connectivity index (χ1) is 11.1. The van der Waals surface area contributed by atoms with Crippen LogP contribution in [-0.4, -0.2) is 29.4 Å². The van der Waals surface area contributed by atoms with Gasteiger partial charge in [-0.2, -0.15) is 0 Å². The molecular formula is C16H14N2O4S. The van der Waals surface area contributed by atoms with Crippen molar-refractivity contribution in [1.29, 1.82) is 0 Å². The second kappa shape index (κ2) is 7.90. The maximum atomic E-state index is 12.2. The zero-order valence-electron chi connectivity index (χ0n) is 12.0. The average molecular weight is 330 g/mol. The number of aliphatic carboxylic acids is 1. The van der Waals surface area contributed by atoms with E-state index in [4.69, 9.17) is 5.11 Å². The van der Waals surface area contributed by atoms with Gasteiger partial charge in [0.2, 0.25) is 0 Å². The van der Waals surface area contributed by atoms with Gasteiger partial charge in [0.1, 0.15) is 12.2 Å². The van der Waals surface area contributed by atoms with E-state index in [2.05, 4.69) is 10.6 Å². The Kier molecular flexibility index (Phi) is 5.65.